The van der Waals surface area contributed by atoms with Gasteiger partial charge in [-0.15, -0.1) is 0 Å². The van der Waals surface area contributed by atoms with E-state index < -0.39 is 38.6 Å². The highest BCUT2D eigenvalue weighted by molar-refractivity contribution is 5.92. The first kappa shape index (κ1) is 9.75. The Morgan fingerprint density at radius 2 is 2.15 bits per heavy atom. The number of ether oxygens (including phenoxy) is 1. The summed E-state index contributed by atoms with van der Waals surface area (Å²) in [4.78, 5) is 25.1. The van der Waals surface area contributed by atoms with Gasteiger partial charge in [0, 0.05) is 42.5 Å². The van der Waals surface area contributed by atoms with Crippen molar-refractivity contribution in [3.8, 4) is 11.3 Å². The third-order valence-corrected chi connectivity index (χ3v) is 3.50. The van der Waals surface area contributed by atoms with Crippen molar-refractivity contribution < 1.29 is 24.9 Å². The third-order valence-electron chi connectivity index (χ3n) is 3.50. The van der Waals surface area contributed by atoms with Crippen molar-refractivity contribution in [1.29, 1.82) is 0 Å². The molecule has 1 amide bonds. The van der Waals surface area contributed by atoms with E-state index in [0.29, 0.717) is 28.1 Å². The number of carbonyl (C=O) groups excluding carboxylic acids is 1. The minimum atomic E-state index is -3.24. The summed E-state index contributed by atoms with van der Waals surface area (Å²) in [7, 11) is 0. The second-order valence-corrected chi connectivity index (χ2v) is 5.37. The summed E-state index contributed by atoms with van der Waals surface area (Å²) in [6.45, 7) is -12.2. The molecule has 3 heterocycles. The second-order valence-electron chi connectivity index (χ2n) is 5.37. The standard InChI is InChI=1S/C18H19N5O3/c1-12-19-10-16(26-12)13-2-3-14-9-20-18(21-15(14)8-13)22-17(24)11-23-4-6-25-7-5-23/h2-3,8-10H,4-7,11H2,1H3,(H,20,21,22,24)/i4D2,5D2,6D2,7D2. The van der Waals surface area contributed by atoms with Crippen LogP contribution in [0.2, 0.25) is 0 Å². The van der Waals surface area contributed by atoms with Crippen molar-refractivity contribution in [3.63, 3.8) is 0 Å². The summed E-state index contributed by atoms with van der Waals surface area (Å²) >= 11 is 0. The molecule has 3 aromatic rings. The zero-order chi connectivity index (χ0) is 25.1. The topological polar surface area (TPSA) is 93.4 Å². The maximum absolute atomic E-state index is 12.6. The molecule has 0 atom stereocenters. The molecule has 1 saturated heterocycles. The number of aryl methyl sites for hydroxylation is 1. The fourth-order valence-corrected chi connectivity index (χ4v) is 2.33. The number of hydrogen-bond donors (Lipinski definition) is 1. The molecular formula is C18H19N5O3. The van der Waals surface area contributed by atoms with E-state index >= 15 is 0 Å². The SMILES string of the molecule is [2H]C1([2H])OC([2H])([2H])C([2H])([2H])N(CC(=O)Nc2ncc3ccc(-c4cnc(C)o4)cc3n2)C1([2H])[2H]. The molecule has 4 rings (SSSR count). The van der Waals surface area contributed by atoms with Crippen LogP contribution in [0.25, 0.3) is 22.2 Å². The Morgan fingerprint density at radius 1 is 1.31 bits per heavy atom. The summed E-state index contributed by atoms with van der Waals surface area (Å²) in [5.74, 6) is -0.141. The maximum Gasteiger partial charge on any atom is 0.240 e. The molecule has 0 aliphatic carbocycles. The molecule has 26 heavy (non-hydrogen) atoms. The first-order valence-corrected chi connectivity index (χ1v) is 7.61. The fraction of sp³-hybridized carbons (Fsp3) is 0.333. The molecule has 0 unspecified atom stereocenters. The normalized spacial score (nSPS) is 27.6. The third kappa shape index (κ3) is 3.71. The van der Waals surface area contributed by atoms with Crippen molar-refractivity contribution in [2.24, 2.45) is 0 Å². The number of fused-ring (bicyclic) bond motifs is 1. The van der Waals surface area contributed by atoms with Gasteiger partial charge in [0.1, 0.15) is 0 Å². The number of benzene rings is 1. The molecule has 1 N–H and O–H groups in total. The zero-order valence-electron chi connectivity index (χ0n) is 21.6. The van der Waals surface area contributed by atoms with Crippen molar-refractivity contribution in [1.82, 2.24) is 19.9 Å². The number of rotatable bonds is 4. The van der Waals surface area contributed by atoms with Crippen LogP contribution in [0.3, 0.4) is 0 Å². The smallest absolute Gasteiger partial charge is 0.240 e. The Bertz CT molecular complexity index is 1240. The quantitative estimate of drug-likeness (QED) is 0.758. The number of aromatic nitrogens is 3. The zero-order valence-corrected chi connectivity index (χ0v) is 13.6. The van der Waals surface area contributed by atoms with Crippen LogP contribution in [0.4, 0.5) is 5.95 Å². The summed E-state index contributed by atoms with van der Waals surface area (Å²) in [5, 5.41) is 2.97. The molecule has 134 valence electrons. The number of oxazole rings is 1. The van der Waals surface area contributed by atoms with E-state index in [2.05, 4.69) is 25.0 Å². The number of nitrogens with one attached hydrogen (secondary N) is 1. The lowest BCUT2D eigenvalue weighted by Gasteiger charge is -2.25. The molecule has 1 aliphatic rings. The number of nitrogens with zero attached hydrogens (tertiary/aromatic N) is 4. The van der Waals surface area contributed by atoms with E-state index in [0.717, 1.165) is 0 Å². The average Bonchev–Trinajstić information content (AvgIpc) is 3.16. The van der Waals surface area contributed by atoms with Crippen LogP contribution in [0.15, 0.2) is 35.0 Å². The Morgan fingerprint density at radius 3 is 2.92 bits per heavy atom. The summed E-state index contributed by atoms with van der Waals surface area (Å²) in [6, 6.07) is 5.22. The van der Waals surface area contributed by atoms with Crippen LogP contribution in [-0.2, 0) is 9.53 Å². The molecular weight excluding hydrogens is 334 g/mol. The van der Waals surface area contributed by atoms with E-state index in [1.807, 2.05) is 0 Å². The van der Waals surface area contributed by atoms with Crippen LogP contribution in [0.5, 0.6) is 0 Å². The molecule has 2 aromatic heterocycles. The second kappa shape index (κ2) is 7.19. The van der Waals surface area contributed by atoms with E-state index in [1.54, 1.807) is 31.3 Å². The van der Waals surface area contributed by atoms with Crippen molar-refractivity contribution in [2.45, 2.75) is 6.92 Å². The summed E-state index contributed by atoms with van der Waals surface area (Å²) in [5.41, 5.74) is 1.13. The number of morpholine rings is 1. The highest BCUT2D eigenvalue weighted by Crippen LogP contribution is 2.24. The van der Waals surface area contributed by atoms with Gasteiger partial charge >= 0.3 is 0 Å². The van der Waals surface area contributed by atoms with Gasteiger partial charge in [-0.05, 0) is 6.07 Å². The van der Waals surface area contributed by atoms with Crippen LogP contribution in [-0.4, -0.2) is 58.4 Å². The molecule has 0 spiro atoms. The summed E-state index contributed by atoms with van der Waals surface area (Å²) in [6.07, 6.45) is 3.00. The lowest BCUT2D eigenvalue weighted by Crippen LogP contribution is -2.41. The lowest BCUT2D eigenvalue weighted by atomic mass is 10.1. The van der Waals surface area contributed by atoms with Crippen LogP contribution in [0.1, 0.15) is 16.9 Å². The van der Waals surface area contributed by atoms with Gasteiger partial charge in [0.15, 0.2) is 11.7 Å². The van der Waals surface area contributed by atoms with Crippen LogP contribution < -0.4 is 5.32 Å². The predicted octanol–water partition coefficient (Wildman–Crippen LogP) is 1.86. The van der Waals surface area contributed by atoms with Crippen molar-refractivity contribution in [3.05, 3.63) is 36.5 Å². The number of amides is 1. The Kier molecular flexibility index (Phi) is 2.69. The lowest BCUT2D eigenvalue weighted by molar-refractivity contribution is -0.118. The van der Waals surface area contributed by atoms with E-state index in [-0.39, 0.29) is 10.8 Å². The maximum atomic E-state index is 12.6. The molecule has 8 heteroatoms. The molecule has 1 aliphatic heterocycles. The van der Waals surface area contributed by atoms with Gasteiger partial charge in [0.25, 0.3) is 0 Å². The predicted molar refractivity (Wildman–Crippen MR) is 95.7 cm³/mol. The monoisotopic (exact) mass is 361 g/mol. The van der Waals surface area contributed by atoms with Gasteiger partial charge < -0.3 is 9.15 Å². The summed E-state index contributed by atoms with van der Waals surface area (Å²) < 4.78 is 72.6. The van der Waals surface area contributed by atoms with E-state index in [1.165, 1.54) is 6.20 Å². The largest absolute Gasteiger partial charge is 0.441 e. The van der Waals surface area contributed by atoms with Crippen molar-refractivity contribution in [2.75, 3.05) is 38.0 Å². The molecule has 8 nitrogen and oxygen atoms in total. The molecule has 0 bridgehead atoms. The van der Waals surface area contributed by atoms with Crippen molar-refractivity contribution >= 4 is 22.8 Å². The van der Waals surface area contributed by atoms with Crippen LogP contribution >= 0.6 is 0 Å². The van der Waals surface area contributed by atoms with E-state index in [9.17, 15) is 4.79 Å². The first-order valence-electron chi connectivity index (χ1n) is 11.6. The highest BCUT2D eigenvalue weighted by atomic mass is 16.5. The molecule has 0 radical (unpaired) electrons. The minimum Gasteiger partial charge on any atom is -0.441 e. The van der Waals surface area contributed by atoms with Gasteiger partial charge in [-0.25, -0.2) is 15.0 Å². The number of anilines is 1. The van der Waals surface area contributed by atoms with Crippen LogP contribution in [0, 0.1) is 6.92 Å². The molecule has 1 aromatic carbocycles. The van der Waals surface area contributed by atoms with Gasteiger partial charge in [-0.2, -0.15) is 0 Å². The Labute approximate surface area is 161 Å². The van der Waals surface area contributed by atoms with Gasteiger partial charge in [0.05, 0.1) is 36.9 Å². The Hall–Kier alpha value is -2.84. The highest BCUT2D eigenvalue weighted by Gasteiger charge is 2.15. The average molecular weight is 361 g/mol. The number of carbonyl (C=O) groups is 1. The van der Waals surface area contributed by atoms with E-state index in [4.69, 9.17) is 15.4 Å². The minimum absolute atomic E-state index is 0.143. The number of hydrogen-bond acceptors (Lipinski definition) is 7. The Balaban J connectivity index is 1.58. The van der Waals surface area contributed by atoms with Gasteiger partial charge in [-0.3, -0.25) is 15.0 Å². The molecule has 0 saturated carbocycles. The van der Waals surface area contributed by atoms with Gasteiger partial charge in [0.2, 0.25) is 11.9 Å². The fourth-order valence-electron chi connectivity index (χ4n) is 2.33. The van der Waals surface area contributed by atoms with Gasteiger partial charge in [-0.1, -0.05) is 12.1 Å². The first-order chi connectivity index (χ1) is 15.6. The molecule has 1 fully saturated rings.